The number of aliphatic imine (C=N–C) groups is 1. The second-order valence-corrected chi connectivity index (χ2v) is 7.84. The summed E-state index contributed by atoms with van der Waals surface area (Å²) in [5, 5.41) is 10.9. The highest BCUT2D eigenvalue weighted by molar-refractivity contribution is 5.95. The van der Waals surface area contributed by atoms with Gasteiger partial charge >= 0.3 is 0 Å². The quantitative estimate of drug-likeness (QED) is 0.645. The van der Waals surface area contributed by atoms with Gasteiger partial charge in [0.25, 0.3) is 0 Å². The van der Waals surface area contributed by atoms with Gasteiger partial charge in [0, 0.05) is 17.0 Å². The van der Waals surface area contributed by atoms with Gasteiger partial charge in [-0.3, -0.25) is 0 Å². The van der Waals surface area contributed by atoms with Gasteiger partial charge < -0.3 is 14.6 Å². The van der Waals surface area contributed by atoms with E-state index in [0.29, 0.717) is 35.6 Å². The lowest BCUT2D eigenvalue weighted by Gasteiger charge is -2.24. The molecule has 2 heterocycles. The van der Waals surface area contributed by atoms with Crippen molar-refractivity contribution in [1.29, 1.82) is 0 Å². The SMILES string of the molecule is Oc1cccc2ccc(Oc3cccc(C4=N[C@@H](C5CCCCC5)CO4)c3)nc12. The number of phenols is 1. The smallest absolute Gasteiger partial charge is 0.219 e. The zero-order chi connectivity index (χ0) is 19.6. The number of ether oxygens (including phenoxy) is 2. The van der Waals surface area contributed by atoms with E-state index in [9.17, 15) is 5.11 Å². The highest BCUT2D eigenvalue weighted by Gasteiger charge is 2.29. The summed E-state index contributed by atoms with van der Waals surface area (Å²) in [5.74, 6) is 2.59. The molecular weight excluding hydrogens is 364 g/mol. The first kappa shape index (κ1) is 18.0. The molecule has 0 spiro atoms. The lowest BCUT2D eigenvalue weighted by Crippen LogP contribution is -2.22. The maximum absolute atomic E-state index is 10.0. The summed E-state index contributed by atoms with van der Waals surface area (Å²) in [6, 6.07) is 17.0. The first-order valence-electron chi connectivity index (χ1n) is 10.3. The first-order valence-corrected chi connectivity index (χ1v) is 10.3. The molecule has 3 aromatic rings. The van der Waals surface area contributed by atoms with Crippen LogP contribution in [0.1, 0.15) is 37.7 Å². The number of rotatable bonds is 4. The molecule has 2 aliphatic rings. The monoisotopic (exact) mass is 388 g/mol. The van der Waals surface area contributed by atoms with E-state index in [0.717, 1.165) is 10.9 Å². The van der Waals surface area contributed by atoms with Gasteiger partial charge in [0.15, 0.2) is 0 Å². The standard InChI is InChI=1S/C24H24N2O3/c27-21-11-5-8-17-12-13-22(26-23(17)21)29-19-10-4-9-18(14-19)24-25-20(15-28-24)16-6-2-1-3-7-16/h4-5,8-14,16,20,27H,1-3,6-7,15H2/t20-/m1/s1. The zero-order valence-corrected chi connectivity index (χ0v) is 16.3. The van der Waals surface area contributed by atoms with Crippen LogP contribution < -0.4 is 4.74 Å². The van der Waals surface area contributed by atoms with E-state index in [1.807, 2.05) is 36.4 Å². The summed E-state index contributed by atoms with van der Waals surface area (Å²) in [5.41, 5.74) is 1.45. The van der Waals surface area contributed by atoms with Gasteiger partial charge in [-0.2, -0.15) is 0 Å². The Morgan fingerprint density at radius 3 is 2.72 bits per heavy atom. The Balaban J connectivity index is 1.35. The largest absolute Gasteiger partial charge is 0.506 e. The average Bonchev–Trinajstić information content (AvgIpc) is 3.26. The third-order valence-corrected chi connectivity index (χ3v) is 5.84. The number of aromatic nitrogens is 1. The molecule has 1 aliphatic heterocycles. The molecule has 29 heavy (non-hydrogen) atoms. The summed E-state index contributed by atoms with van der Waals surface area (Å²) < 4.78 is 11.9. The number of hydrogen-bond acceptors (Lipinski definition) is 5. The Morgan fingerprint density at radius 2 is 1.83 bits per heavy atom. The van der Waals surface area contributed by atoms with Crippen molar-refractivity contribution in [3.8, 4) is 17.4 Å². The second kappa shape index (κ2) is 7.74. The van der Waals surface area contributed by atoms with Crippen LogP contribution in [0.15, 0.2) is 59.6 Å². The molecule has 2 aromatic carbocycles. The predicted molar refractivity (Wildman–Crippen MR) is 113 cm³/mol. The molecule has 1 aliphatic carbocycles. The van der Waals surface area contributed by atoms with Crippen LogP contribution in [0.25, 0.3) is 10.9 Å². The topological polar surface area (TPSA) is 63.9 Å². The van der Waals surface area contributed by atoms with Gasteiger partial charge in [0.1, 0.15) is 23.6 Å². The number of nitrogens with zero attached hydrogens (tertiary/aromatic N) is 2. The number of aromatic hydroxyl groups is 1. The van der Waals surface area contributed by atoms with Crippen LogP contribution in [-0.2, 0) is 4.74 Å². The van der Waals surface area contributed by atoms with Crippen molar-refractivity contribution >= 4 is 16.8 Å². The van der Waals surface area contributed by atoms with Gasteiger partial charge in [0.2, 0.25) is 11.8 Å². The van der Waals surface area contributed by atoms with Crippen LogP contribution in [0.2, 0.25) is 0 Å². The van der Waals surface area contributed by atoms with Crippen molar-refractivity contribution in [2.24, 2.45) is 10.9 Å². The maximum Gasteiger partial charge on any atom is 0.219 e. The summed E-state index contributed by atoms with van der Waals surface area (Å²) in [7, 11) is 0. The molecular formula is C24H24N2O3. The Labute approximate surface area is 170 Å². The minimum Gasteiger partial charge on any atom is -0.506 e. The van der Waals surface area contributed by atoms with Crippen molar-refractivity contribution in [2.75, 3.05) is 6.61 Å². The minimum absolute atomic E-state index is 0.143. The molecule has 5 nitrogen and oxygen atoms in total. The number of benzene rings is 2. The Morgan fingerprint density at radius 1 is 0.966 bits per heavy atom. The normalized spacial score (nSPS) is 19.7. The Kier molecular flexibility index (Phi) is 4.80. The fourth-order valence-corrected chi connectivity index (χ4v) is 4.29. The van der Waals surface area contributed by atoms with E-state index in [-0.39, 0.29) is 11.8 Å². The van der Waals surface area contributed by atoms with Crippen LogP contribution in [0.4, 0.5) is 0 Å². The second-order valence-electron chi connectivity index (χ2n) is 7.84. The maximum atomic E-state index is 10.0. The van der Waals surface area contributed by atoms with Gasteiger partial charge in [-0.25, -0.2) is 9.98 Å². The molecule has 1 N–H and O–H groups in total. The van der Waals surface area contributed by atoms with E-state index < -0.39 is 0 Å². The summed E-state index contributed by atoms with van der Waals surface area (Å²) in [6.07, 6.45) is 6.48. The van der Waals surface area contributed by atoms with Gasteiger partial charge in [0.05, 0.1) is 6.04 Å². The van der Waals surface area contributed by atoms with E-state index in [2.05, 4.69) is 4.98 Å². The van der Waals surface area contributed by atoms with Crippen molar-refractivity contribution in [2.45, 2.75) is 38.1 Å². The molecule has 1 aromatic heterocycles. The summed E-state index contributed by atoms with van der Waals surface area (Å²) >= 11 is 0. The van der Waals surface area contributed by atoms with Gasteiger partial charge in [-0.15, -0.1) is 0 Å². The predicted octanol–water partition coefficient (Wildman–Crippen LogP) is 5.46. The molecule has 1 fully saturated rings. The third kappa shape index (κ3) is 3.77. The van der Waals surface area contributed by atoms with Crippen molar-refractivity contribution < 1.29 is 14.6 Å². The molecule has 148 valence electrons. The molecule has 1 atom stereocenters. The van der Waals surface area contributed by atoms with Gasteiger partial charge in [-0.05, 0) is 49.1 Å². The lowest BCUT2D eigenvalue weighted by atomic mass is 9.84. The van der Waals surface area contributed by atoms with Crippen molar-refractivity contribution in [3.63, 3.8) is 0 Å². The summed E-state index contributed by atoms with van der Waals surface area (Å²) in [4.78, 5) is 9.31. The number of pyridine rings is 1. The molecule has 1 saturated carbocycles. The average molecular weight is 388 g/mol. The number of hydrogen-bond donors (Lipinski definition) is 1. The Hall–Kier alpha value is -3.08. The number of fused-ring (bicyclic) bond motifs is 1. The van der Waals surface area contributed by atoms with E-state index in [1.165, 1.54) is 32.1 Å². The molecule has 0 radical (unpaired) electrons. The van der Waals surface area contributed by atoms with Crippen molar-refractivity contribution in [1.82, 2.24) is 4.98 Å². The number of para-hydroxylation sites is 1. The summed E-state index contributed by atoms with van der Waals surface area (Å²) in [6.45, 7) is 0.677. The van der Waals surface area contributed by atoms with E-state index >= 15 is 0 Å². The van der Waals surface area contributed by atoms with Crippen LogP contribution in [0, 0.1) is 5.92 Å². The molecule has 5 rings (SSSR count). The highest BCUT2D eigenvalue weighted by atomic mass is 16.5. The van der Waals surface area contributed by atoms with Crippen molar-refractivity contribution in [3.05, 3.63) is 60.2 Å². The molecule has 0 amide bonds. The van der Waals surface area contributed by atoms with Gasteiger partial charge in [-0.1, -0.05) is 37.5 Å². The van der Waals surface area contributed by atoms with Crippen LogP contribution in [0.3, 0.4) is 0 Å². The fraction of sp³-hybridized carbons (Fsp3) is 0.333. The van der Waals surface area contributed by atoms with E-state index in [1.54, 1.807) is 18.2 Å². The Bertz CT molecular complexity index is 1060. The number of phenolic OH excluding ortho intramolecular Hbond substituents is 1. The lowest BCUT2D eigenvalue weighted by molar-refractivity contribution is 0.240. The minimum atomic E-state index is 0.143. The molecule has 0 unspecified atom stereocenters. The van der Waals surface area contributed by atoms with E-state index in [4.69, 9.17) is 14.5 Å². The fourth-order valence-electron chi connectivity index (χ4n) is 4.29. The molecule has 0 saturated heterocycles. The molecule has 0 bridgehead atoms. The zero-order valence-electron chi connectivity index (χ0n) is 16.3. The van der Waals surface area contributed by atoms with Crippen LogP contribution in [-0.4, -0.2) is 28.6 Å². The third-order valence-electron chi connectivity index (χ3n) is 5.84. The van der Waals surface area contributed by atoms with Crippen LogP contribution in [0.5, 0.6) is 17.4 Å². The molecule has 5 heteroatoms. The van der Waals surface area contributed by atoms with Crippen LogP contribution >= 0.6 is 0 Å². The first-order chi connectivity index (χ1) is 14.3. The highest BCUT2D eigenvalue weighted by Crippen LogP contribution is 2.32.